The van der Waals surface area contributed by atoms with E-state index in [4.69, 9.17) is 5.73 Å². The summed E-state index contributed by atoms with van der Waals surface area (Å²) in [6.07, 6.45) is 2.45. The van der Waals surface area contributed by atoms with E-state index in [1.165, 1.54) is 0 Å². The number of amides is 3. The molecule has 0 aromatic carbocycles. The van der Waals surface area contributed by atoms with Gasteiger partial charge in [0.15, 0.2) is 0 Å². The van der Waals surface area contributed by atoms with Crippen molar-refractivity contribution >= 4 is 11.9 Å². The Morgan fingerprint density at radius 3 is 2.75 bits per heavy atom. The van der Waals surface area contributed by atoms with Gasteiger partial charge >= 0.3 is 6.03 Å². The third kappa shape index (κ3) is 6.23. The first kappa shape index (κ1) is 16.8. The Hall–Kier alpha value is -1.30. The quantitative estimate of drug-likeness (QED) is 0.665. The number of carbonyl (C=O) groups is 2. The van der Waals surface area contributed by atoms with E-state index >= 15 is 0 Å². The van der Waals surface area contributed by atoms with Crippen LogP contribution in [0.1, 0.15) is 33.1 Å². The van der Waals surface area contributed by atoms with E-state index in [1.54, 1.807) is 0 Å². The highest BCUT2D eigenvalue weighted by atomic mass is 16.2. The van der Waals surface area contributed by atoms with Gasteiger partial charge < -0.3 is 21.3 Å². The van der Waals surface area contributed by atoms with Crippen LogP contribution in [-0.4, -0.2) is 49.6 Å². The number of nitrogens with zero attached hydrogens (tertiary/aromatic N) is 1. The summed E-state index contributed by atoms with van der Waals surface area (Å²) in [7, 11) is 0. The Morgan fingerprint density at radius 1 is 1.35 bits per heavy atom. The molecule has 0 spiro atoms. The molecular formula is C14H28N4O2. The van der Waals surface area contributed by atoms with Gasteiger partial charge in [-0.15, -0.1) is 0 Å². The number of hydrogen-bond acceptors (Lipinski definition) is 3. The minimum Gasteiger partial charge on any atom is -0.355 e. The summed E-state index contributed by atoms with van der Waals surface area (Å²) in [6.45, 7) is 7.26. The van der Waals surface area contributed by atoms with Crippen LogP contribution in [-0.2, 0) is 4.79 Å². The number of nitrogens with one attached hydrogen (secondary N) is 2. The molecule has 6 heteroatoms. The normalized spacial score (nSPS) is 19.0. The third-order valence-electron chi connectivity index (χ3n) is 3.41. The van der Waals surface area contributed by atoms with Crippen LogP contribution >= 0.6 is 0 Å². The first-order valence-electron chi connectivity index (χ1n) is 7.52. The van der Waals surface area contributed by atoms with Crippen LogP contribution in [0.2, 0.25) is 0 Å². The second-order valence-corrected chi connectivity index (χ2v) is 5.88. The van der Waals surface area contributed by atoms with E-state index in [0.29, 0.717) is 38.5 Å². The molecule has 4 N–H and O–H groups in total. The molecule has 1 unspecified atom stereocenters. The van der Waals surface area contributed by atoms with Gasteiger partial charge in [0.05, 0.1) is 0 Å². The molecule has 0 aromatic rings. The number of urea groups is 1. The van der Waals surface area contributed by atoms with Gasteiger partial charge in [-0.05, 0) is 24.7 Å². The molecule has 1 atom stereocenters. The van der Waals surface area contributed by atoms with E-state index in [-0.39, 0.29) is 17.9 Å². The highest BCUT2D eigenvalue weighted by molar-refractivity contribution is 5.77. The predicted octanol–water partition coefficient (Wildman–Crippen LogP) is 0.529. The zero-order valence-corrected chi connectivity index (χ0v) is 12.7. The van der Waals surface area contributed by atoms with Gasteiger partial charge in [0.25, 0.3) is 0 Å². The molecule has 1 saturated heterocycles. The largest absolute Gasteiger partial charge is 0.355 e. The standard InChI is InChI=1S/C14H28N4O2/c1-11(2)9-17-14(20)18-7-3-4-12(10-18)8-13(19)16-6-5-15/h11-12H,3-10,15H2,1-2H3,(H,16,19)(H,17,20). The van der Waals surface area contributed by atoms with Crippen LogP contribution in [0.25, 0.3) is 0 Å². The second kappa shape index (κ2) is 8.79. The fourth-order valence-corrected chi connectivity index (χ4v) is 2.37. The Kier molecular flexibility index (Phi) is 7.36. The monoisotopic (exact) mass is 284 g/mol. The molecule has 1 fully saturated rings. The Balaban J connectivity index is 2.34. The fourth-order valence-electron chi connectivity index (χ4n) is 2.37. The molecule has 0 aromatic heterocycles. The van der Waals surface area contributed by atoms with Crippen LogP contribution in [0.5, 0.6) is 0 Å². The van der Waals surface area contributed by atoms with Crippen LogP contribution in [0.15, 0.2) is 0 Å². The van der Waals surface area contributed by atoms with Gasteiger partial charge in [-0.2, -0.15) is 0 Å². The van der Waals surface area contributed by atoms with Gasteiger partial charge in [-0.1, -0.05) is 13.8 Å². The van der Waals surface area contributed by atoms with E-state index < -0.39 is 0 Å². The molecule has 3 amide bonds. The van der Waals surface area contributed by atoms with Crippen molar-refractivity contribution in [3.63, 3.8) is 0 Å². The van der Waals surface area contributed by atoms with Crippen molar-refractivity contribution in [1.82, 2.24) is 15.5 Å². The summed E-state index contributed by atoms with van der Waals surface area (Å²) in [4.78, 5) is 25.5. The van der Waals surface area contributed by atoms with E-state index in [9.17, 15) is 9.59 Å². The highest BCUT2D eigenvalue weighted by Crippen LogP contribution is 2.19. The molecular weight excluding hydrogens is 256 g/mol. The van der Waals surface area contributed by atoms with Crippen LogP contribution in [0.4, 0.5) is 4.79 Å². The lowest BCUT2D eigenvalue weighted by Crippen LogP contribution is -2.47. The minimum absolute atomic E-state index is 0.00855. The van der Waals surface area contributed by atoms with Crippen molar-refractivity contribution < 1.29 is 9.59 Å². The molecule has 0 bridgehead atoms. The van der Waals surface area contributed by atoms with Gasteiger partial charge in [-0.3, -0.25) is 4.79 Å². The molecule has 20 heavy (non-hydrogen) atoms. The molecule has 0 aliphatic carbocycles. The summed E-state index contributed by atoms with van der Waals surface area (Å²) < 4.78 is 0. The smallest absolute Gasteiger partial charge is 0.317 e. The summed E-state index contributed by atoms with van der Waals surface area (Å²) in [5.74, 6) is 0.734. The zero-order valence-electron chi connectivity index (χ0n) is 12.7. The lowest BCUT2D eigenvalue weighted by Gasteiger charge is -2.32. The first-order valence-corrected chi connectivity index (χ1v) is 7.52. The third-order valence-corrected chi connectivity index (χ3v) is 3.41. The molecule has 116 valence electrons. The van der Waals surface area contributed by atoms with Crippen LogP contribution < -0.4 is 16.4 Å². The topological polar surface area (TPSA) is 87.5 Å². The average molecular weight is 284 g/mol. The van der Waals surface area contributed by atoms with Crippen molar-refractivity contribution in [3.05, 3.63) is 0 Å². The number of carbonyl (C=O) groups excluding carboxylic acids is 2. The van der Waals surface area contributed by atoms with Crippen molar-refractivity contribution in [1.29, 1.82) is 0 Å². The number of nitrogens with two attached hydrogens (primary N) is 1. The molecule has 1 aliphatic heterocycles. The maximum atomic E-state index is 12.0. The van der Waals surface area contributed by atoms with Gasteiger partial charge in [0.1, 0.15) is 0 Å². The number of hydrogen-bond donors (Lipinski definition) is 3. The lowest BCUT2D eigenvalue weighted by atomic mass is 9.94. The summed E-state index contributed by atoms with van der Waals surface area (Å²) >= 11 is 0. The molecule has 6 nitrogen and oxygen atoms in total. The summed E-state index contributed by atoms with van der Waals surface area (Å²) in [5, 5.41) is 5.71. The first-order chi connectivity index (χ1) is 9.52. The molecule has 1 heterocycles. The van der Waals surface area contributed by atoms with Crippen LogP contribution in [0, 0.1) is 11.8 Å². The fraction of sp³-hybridized carbons (Fsp3) is 0.857. The number of rotatable bonds is 6. The Bertz CT molecular complexity index is 320. The molecule has 0 saturated carbocycles. The van der Waals surface area contributed by atoms with E-state index in [1.807, 2.05) is 4.90 Å². The minimum atomic E-state index is -0.00855. The molecule has 1 rings (SSSR count). The average Bonchev–Trinajstić information content (AvgIpc) is 2.42. The lowest BCUT2D eigenvalue weighted by molar-refractivity contribution is -0.122. The number of likely N-dealkylation sites (tertiary alicyclic amines) is 1. The molecule has 1 aliphatic rings. The highest BCUT2D eigenvalue weighted by Gasteiger charge is 2.25. The van der Waals surface area contributed by atoms with Gasteiger partial charge in [-0.25, -0.2) is 4.79 Å². The predicted molar refractivity (Wildman–Crippen MR) is 79.2 cm³/mol. The number of piperidine rings is 1. The van der Waals surface area contributed by atoms with E-state index in [2.05, 4.69) is 24.5 Å². The van der Waals surface area contributed by atoms with Crippen molar-refractivity contribution in [2.75, 3.05) is 32.7 Å². The van der Waals surface area contributed by atoms with Gasteiger partial charge in [0, 0.05) is 39.1 Å². The summed E-state index contributed by atoms with van der Waals surface area (Å²) in [5.41, 5.74) is 5.35. The van der Waals surface area contributed by atoms with Crippen LogP contribution in [0.3, 0.4) is 0 Å². The molecule has 0 radical (unpaired) electrons. The maximum absolute atomic E-state index is 12.0. The zero-order chi connectivity index (χ0) is 15.0. The maximum Gasteiger partial charge on any atom is 0.317 e. The van der Waals surface area contributed by atoms with Gasteiger partial charge in [0.2, 0.25) is 5.91 Å². The van der Waals surface area contributed by atoms with Crippen molar-refractivity contribution in [3.8, 4) is 0 Å². The van der Waals surface area contributed by atoms with Crippen molar-refractivity contribution in [2.24, 2.45) is 17.6 Å². The van der Waals surface area contributed by atoms with E-state index in [0.717, 1.165) is 19.4 Å². The Morgan fingerprint density at radius 2 is 2.10 bits per heavy atom. The SMILES string of the molecule is CC(C)CNC(=O)N1CCCC(CC(=O)NCCN)C1. The second-order valence-electron chi connectivity index (χ2n) is 5.88. The Labute approximate surface area is 121 Å². The summed E-state index contributed by atoms with van der Waals surface area (Å²) in [6, 6.07) is -0.00855. The van der Waals surface area contributed by atoms with Crippen molar-refractivity contribution in [2.45, 2.75) is 33.1 Å².